The van der Waals surface area contributed by atoms with E-state index in [1.807, 2.05) is 97.1 Å². The Morgan fingerprint density at radius 1 is 0.750 bits per heavy atom. The van der Waals surface area contributed by atoms with Gasteiger partial charge < -0.3 is 5.43 Å². The lowest BCUT2D eigenvalue weighted by molar-refractivity contribution is -0.118. The van der Waals surface area contributed by atoms with E-state index >= 15 is 0 Å². The van der Waals surface area contributed by atoms with Gasteiger partial charge in [0, 0.05) is 11.8 Å². The minimum absolute atomic E-state index is 0.0546. The highest BCUT2D eigenvalue weighted by Crippen LogP contribution is 2.58. The van der Waals surface area contributed by atoms with Crippen LogP contribution in [-0.2, 0) is 9.59 Å². The summed E-state index contributed by atoms with van der Waals surface area (Å²) in [5.74, 6) is -0.219. The van der Waals surface area contributed by atoms with Gasteiger partial charge in [0.2, 0.25) is 0 Å². The molecule has 1 aliphatic heterocycles. The molecule has 0 aromatic heterocycles. The van der Waals surface area contributed by atoms with Gasteiger partial charge in [-0.15, -0.1) is 0 Å². The molecule has 3 aromatic carbocycles. The topological polar surface area (TPSA) is 58.2 Å². The molecule has 0 fully saturated rings. The summed E-state index contributed by atoms with van der Waals surface area (Å²) in [6.45, 7) is 0. The Morgan fingerprint density at radius 2 is 1.25 bits per heavy atom. The van der Waals surface area contributed by atoms with Gasteiger partial charge in [-0.05, 0) is 54.5 Å². The minimum Gasteiger partial charge on any atom is -0.305 e. The van der Waals surface area contributed by atoms with Crippen LogP contribution in [0.5, 0.6) is 0 Å². The van der Waals surface area contributed by atoms with Gasteiger partial charge in [-0.1, -0.05) is 60.7 Å². The first-order chi connectivity index (χ1) is 15.7. The summed E-state index contributed by atoms with van der Waals surface area (Å²) in [4.78, 5) is 27.0. The zero-order valence-electron chi connectivity index (χ0n) is 17.4. The van der Waals surface area contributed by atoms with Gasteiger partial charge in [0.15, 0.2) is 7.26 Å². The molecule has 5 heteroatoms. The molecule has 4 nitrogen and oxygen atoms in total. The van der Waals surface area contributed by atoms with Crippen LogP contribution in [-0.4, -0.2) is 11.4 Å². The maximum Gasteiger partial charge on any atom is 0.313 e. The van der Waals surface area contributed by atoms with E-state index in [0.717, 1.165) is 21.5 Å². The Kier molecular flexibility index (Phi) is 5.30. The summed E-state index contributed by atoms with van der Waals surface area (Å²) >= 11 is 0. The van der Waals surface area contributed by atoms with E-state index in [0.29, 0.717) is 17.6 Å². The third-order valence-corrected chi connectivity index (χ3v) is 9.93. The molecule has 0 bridgehead atoms. The van der Waals surface area contributed by atoms with Crippen molar-refractivity contribution in [2.45, 2.75) is 6.42 Å². The van der Waals surface area contributed by atoms with Crippen LogP contribution in [0, 0.1) is 0 Å². The van der Waals surface area contributed by atoms with Crippen molar-refractivity contribution in [1.29, 1.82) is 0 Å². The number of rotatable bonds is 5. The van der Waals surface area contributed by atoms with Crippen molar-refractivity contribution in [2.75, 3.05) is 0 Å². The molecular weight excluding hydrogens is 415 g/mol. The van der Waals surface area contributed by atoms with Gasteiger partial charge in [0.1, 0.15) is 15.9 Å². The summed E-state index contributed by atoms with van der Waals surface area (Å²) in [7, 11) is -2.70. The molecule has 1 amide bonds. The smallest absolute Gasteiger partial charge is 0.305 e. The number of nitrogens with one attached hydrogen (secondary N) is 2. The van der Waals surface area contributed by atoms with Gasteiger partial charge in [0.05, 0.1) is 5.57 Å². The lowest BCUT2D eigenvalue weighted by Gasteiger charge is -2.27. The molecule has 2 N–H and O–H groups in total. The maximum absolute atomic E-state index is 14.6. The third-order valence-electron chi connectivity index (χ3n) is 5.85. The number of allylic oxidation sites excluding steroid dienone is 3. The lowest BCUT2D eigenvalue weighted by Crippen LogP contribution is -2.40. The van der Waals surface area contributed by atoms with Crippen molar-refractivity contribution in [2.24, 2.45) is 0 Å². The molecule has 0 atom stereocenters. The quantitative estimate of drug-likeness (QED) is 0.603. The summed E-state index contributed by atoms with van der Waals surface area (Å²) in [5.41, 5.74) is 7.45. The van der Waals surface area contributed by atoms with Crippen LogP contribution >= 0.6 is 7.26 Å². The van der Waals surface area contributed by atoms with Crippen molar-refractivity contribution in [3.05, 3.63) is 126 Å². The van der Waals surface area contributed by atoms with Gasteiger partial charge in [-0.2, -0.15) is 0 Å². The molecule has 2 aliphatic rings. The normalized spacial score (nSPS) is 15.4. The van der Waals surface area contributed by atoms with E-state index in [2.05, 4.69) is 10.9 Å². The number of amides is 1. The first-order valence-corrected chi connectivity index (χ1v) is 12.3. The first kappa shape index (κ1) is 20.2. The van der Waals surface area contributed by atoms with Crippen molar-refractivity contribution in [1.82, 2.24) is 10.9 Å². The fourth-order valence-corrected chi connectivity index (χ4v) is 8.34. The van der Waals surface area contributed by atoms with E-state index in [4.69, 9.17) is 0 Å². The van der Waals surface area contributed by atoms with Crippen LogP contribution in [0.3, 0.4) is 0 Å². The fourth-order valence-electron chi connectivity index (χ4n) is 4.34. The largest absolute Gasteiger partial charge is 0.313 e. The average molecular weight is 437 g/mol. The van der Waals surface area contributed by atoms with E-state index in [9.17, 15) is 9.59 Å². The molecule has 0 unspecified atom stereocenters. The van der Waals surface area contributed by atoms with E-state index < -0.39 is 7.26 Å². The van der Waals surface area contributed by atoms with Crippen LogP contribution in [0.4, 0.5) is 0 Å². The van der Waals surface area contributed by atoms with Crippen molar-refractivity contribution < 1.29 is 9.59 Å². The molecule has 0 saturated carbocycles. The summed E-state index contributed by atoms with van der Waals surface area (Å²) in [5, 5.41) is 2.99. The lowest BCUT2D eigenvalue weighted by atomic mass is 9.94. The molecule has 0 spiro atoms. The number of hydrazine groups is 1. The number of benzene rings is 3. The molecule has 1 heterocycles. The Labute approximate surface area is 187 Å². The third kappa shape index (κ3) is 3.30. The van der Waals surface area contributed by atoms with Crippen LogP contribution in [0.25, 0.3) is 0 Å². The summed E-state index contributed by atoms with van der Waals surface area (Å²) in [6.07, 6.45) is 6.00. The maximum atomic E-state index is 14.6. The van der Waals surface area contributed by atoms with Gasteiger partial charge in [-0.25, -0.2) is 4.79 Å². The van der Waals surface area contributed by atoms with Crippen LogP contribution < -0.4 is 26.8 Å². The van der Waals surface area contributed by atoms with Crippen LogP contribution in [0.15, 0.2) is 126 Å². The van der Waals surface area contributed by atoms with Crippen molar-refractivity contribution in [3.63, 3.8) is 0 Å². The van der Waals surface area contributed by atoms with Gasteiger partial charge in [0.25, 0.3) is 5.91 Å². The molecule has 0 saturated heterocycles. The zero-order chi connectivity index (χ0) is 22.0. The van der Waals surface area contributed by atoms with Crippen LogP contribution in [0.2, 0.25) is 0 Å². The predicted molar refractivity (Wildman–Crippen MR) is 130 cm³/mol. The highest BCUT2D eigenvalue weighted by atomic mass is 31.2. The second-order valence-corrected chi connectivity index (χ2v) is 11.0. The monoisotopic (exact) mass is 437 g/mol. The predicted octanol–water partition coefficient (Wildman–Crippen LogP) is 3.28. The average Bonchev–Trinajstić information content (AvgIpc) is 2.86. The number of hydrogen-bond donors (Lipinski definition) is 2. The Hall–Kier alpha value is -3.75. The van der Waals surface area contributed by atoms with E-state index in [1.54, 1.807) is 12.3 Å². The van der Waals surface area contributed by atoms with Crippen LogP contribution in [0.1, 0.15) is 6.42 Å². The number of carbonyl (C=O) groups is 2. The Bertz CT molecular complexity index is 1170. The van der Waals surface area contributed by atoms with Gasteiger partial charge in [-0.3, -0.25) is 10.2 Å². The second-order valence-electron chi connectivity index (χ2n) is 7.67. The Morgan fingerprint density at radius 3 is 1.75 bits per heavy atom. The highest BCUT2D eigenvalue weighted by Gasteiger charge is 2.54. The minimum atomic E-state index is -2.70. The molecular formula is C27H22N2O2P+. The second kappa shape index (κ2) is 8.41. The highest BCUT2D eigenvalue weighted by molar-refractivity contribution is 8.08. The number of fused-ring (bicyclic) bond motifs is 1. The first-order valence-electron chi connectivity index (χ1n) is 10.5. The van der Waals surface area contributed by atoms with E-state index in [1.165, 1.54) is 0 Å². The molecule has 3 aromatic rings. The zero-order valence-corrected chi connectivity index (χ0v) is 18.3. The Balaban J connectivity index is 1.77. The van der Waals surface area contributed by atoms with Crippen molar-refractivity contribution in [3.8, 4) is 0 Å². The number of hydrogen-bond acceptors (Lipinski definition) is 3. The molecule has 156 valence electrons. The molecule has 32 heavy (non-hydrogen) atoms. The van der Waals surface area contributed by atoms with Gasteiger partial charge >= 0.3 is 5.52 Å². The SMILES string of the molecule is O=C1NNC=C2CC=C(C(=O)[P+](c3ccccc3)(c3ccccc3)c3ccccc3)C=C12. The fraction of sp³-hybridized carbons (Fsp3) is 0.0370. The molecule has 0 radical (unpaired) electrons. The number of carbonyl (C=O) groups excluding carboxylic acids is 2. The van der Waals surface area contributed by atoms with Crippen molar-refractivity contribution >= 4 is 34.6 Å². The molecule has 5 rings (SSSR count). The molecule has 1 aliphatic carbocycles. The van der Waals surface area contributed by atoms with E-state index in [-0.39, 0.29) is 11.4 Å². The summed E-state index contributed by atoms with van der Waals surface area (Å²) in [6, 6.07) is 30.1. The standard InChI is InChI=1S/C27H21N2O2P/c30-26-25-18-20(16-17-21(25)19-28-29-26)27(31)32(22-10-4-1-5-11-22,23-12-6-2-7-13-23)24-14-8-3-9-15-24/h1-16,18-19,28H,17H2/p+1. The summed E-state index contributed by atoms with van der Waals surface area (Å²) < 4.78 is 0.